The second kappa shape index (κ2) is 7.75. The number of esters is 1. The first kappa shape index (κ1) is 20.7. The van der Waals surface area contributed by atoms with E-state index in [1.54, 1.807) is 20.8 Å². The van der Waals surface area contributed by atoms with Gasteiger partial charge in [0.2, 0.25) is 0 Å². The van der Waals surface area contributed by atoms with E-state index in [2.05, 4.69) is 0 Å². The van der Waals surface area contributed by atoms with Crippen LogP contribution in [0.1, 0.15) is 32.4 Å². The Kier molecular flexibility index (Phi) is 5.53. The monoisotopic (exact) mass is 416 g/mol. The number of imidazole rings is 1. The minimum atomic E-state index is -1.44. The number of nitrogens with zero attached hydrogens (tertiary/aromatic N) is 2. The molecule has 152 valence electrons. The number of ether oxygens (including phenoxy) is 1. The Bertz CT molecular complexity index is 1130. The summed E-state index contributed by atoms with van der Waals surface area (Å²) in [6.45, 7) is 5.18. The highest BCUT2D eigenvalue weighted by atomic mass is 35.5. The van der Waals surface area contributed by atoms with E-state index in [9.17, 15) is 19.5 Å². The summed E-state index contributed by atoms with van der Waals surface area (Å²) in [6.07, 6.45) is -1.29. The molecule has 0 amide bonds. The highest BCUT2D eigenvalue weighted by Gasteiger charge is 2.32. The molecule has 2 aromatic carbocycles. The zero-order chi connectivity index (χ0) is 21.3. The minimum Gasteiger partial charge on any atom is -0.464 e. The third-order valence-electron chi connectivity index (χ3n) is 4.29. The van der Waals surface area contributed by atoms with Gasteiger partial charge in [-0.1, -0.05) is 41.9 Å². The van der Waals surface area contributed by atoms with Crippen LogP contribution in [-0.4, -0.2) is 31.9 Å². The summed E-state index contributed by atoms with van der Waals surface area (Å²) in [5.74, 6) is -0.632. The van der Waals surface area contributed by atoms with Crippen LogP contribution < -0.4 is 5.69 Å². The van der Waals surface area contributed by atoms with Gasteiger partial charge in [0.1, 0.15) is 11.6 Å². The zero-order valence-corrected chi connectivity index (χ0v) is 17.0. The molecule has 1 atom stereocenters. The molecule has 29 heavy (non-hydrogen) atoms. The van der Waals surface area contributed by atoms with E-state index in [0.717, 1.165) is 10.1 Å². The maximum Gasteiger partial charge on any atom is 0.420 e. The van der Waals surface area contributed by atoms with Crippen molar-refractivity contribution in [3.63, 3.8) is 0 Å². The molecule has 1 heterocycles. The molecule has 1 aromatic heterocycles. The van der Waals surface area contributed by atoms with Crippen molar-refractivity contribution in [2.45, 2.75) is 38.8 Å². The van der Waals surface area contributed by atoms with Gasteiger partial charge in [-0.2, -0.15) is 4.57 Å². The van der Waals surface area contributed by atoms with Crippen molar-refractivity contribution in [1.29, 1.82) is 0 Å². The molecule has 0 aliphatic rings. The van der Waals surface area contributed by atoms with Crippen LogP contribution in [0.25, 0.3) is 11.0 Å². The highest BCUT2D eigenvalue weighted by molar-refractivity contribution is 6.31. The Hall–Kier alpha value is -3.06. The number of carboxylic acid groups (broad SMARTS) is 1. The fraction of sp³-hybridized carbons (Fsp3) is 0.286. The van der Waals surface area contributed by atoms with Crippen molar-refractivity contribution in [2.24, 2.45) is 0 Å². The third kappa shape index (κ3) is 4.35. The Balaban J connectivity index is 2.24. The van der Waals surface area contributed by atoms with Crippen LogP contribution in [0.3, 0.4) is 0 Å². The molecule has 0 bridgehead atoms. The van der Waals surface area contributed by atoms with E-state index < -0.39 is 29.4 Å². The summed E-state index contributed by atoms with van der Waals surface area (Å²) in [6, 6.07) is 12.5. The lowest BCUT2D eigenvalue weighted by Gasteiger charge is -2.25. The van der Waals surface area contributed by atoms with Gasteiger partial charge in [0, 0.05) is 11.4 Å². The minimum absolute atomic E-state index is 0.147. The molecular formula is C21H21ClN2O5. The number of hydrogen-bond donors (Lipinski definition) is 1. The number of halogens is 1. The number of benzene rings is 2. The van der Waals surface area contributed by atoms with Gasteiger partial charge in [-0.05, 0) is 44.5 Å². The second-order valence-corrected chi connectivity index (χ2v) is 8.08. The first-order valence-corrected chi connectivity index (χ1v) is 9.39. The Morgan fingerprint density at radius 3 is 2.34 bits per heavy atom. The molecule has 3 aromatic rings. The van der Waals surface area contributed by atoms with Crippen LogP contribution in [0.15, 0.2) is 53.3 Å². The van der Waals surface area contributed by atoms with Crippen molar-refractivity contribution in [2.75, 3.05) is 0 Å². The maximum absolute atomic E-state index is 13.1. The Labute approximate surface area is 172 Å². The molecule has 0 aliphatic carbocycles. The van der Waals surface area contributed by atoms with E-state index in [-0.39, 0.29) is 17.5 Å². The van der Waals surface area contributed by atoms with Crippen LogP contribution in [0, 0.1) is 0 Å². The van der Waals surface area contributed by atoms with Crippen molar-refractivity contribution < 1.29 is 19.4 Å². The highest BCUT2D eigenvalue weighted by Crippen LogP contribution is 2.26. The van der Waals surface area contributed by atoms with E-state index in [1.807, 2.05) is 30.3 Å². The number of hydrogen-bond acceptors (Lipinski definition) is 4. The number of carbonyl (C=O) groups is 2. The van der Waals surface area contributed by atoms with E-state index in [0.29, 0.717) is 9.59 Å². The lowest BCUT2D eigenvalue weighted by atomic mass is 10.0. The molecule has 0 radical (unpaired) electrons. The normalized spacial score (nSPS) is 12.7. The van der Waals surface area contributed by atoms with Crippen molar-refractivity contribution >= 4 is 34.7 Å². The number of carbonyl (C=O) groups excluding carboxylic acids is 1. The first-order chi connectivity index (χ1) is 13.6. The van der Waals surface area contributed by atoms with Gasteiger partial charge >= 0.3 is 17.8 Å². The third-order valence-corrected chi connectivity index (χ3v) is 4.52. The molecule has 8 heteroatoms. The van der Waals surface area contributed by atoms with Crippen molar-refractivity contribution in [3.8, 4) is 0 Å². The Morgan fingerprint density at radius 1 is 1.10 bits per heavy atom. The first-order valence-electron chi connectivity index (χ1n) is 9.01. The molecule has 3 rings (SSSR count). The van der Waals surface area contributed by atoms with Crippen LogP contribution in [0.2, 0.25) is 5.02 Å². The molecule has 0 spiro atoms. The summed E-state index contributed by atoms with van der Waals surface area (Å²) in [5, 5.41) is 9.86. The van der Waals surface area contributed by atoms with Crippen molar-refractivity contribution in [1.82, 2.24) is 9.13 Å². The summed E-state index contributed by atoms with van der Waals surface area (Å²) in [4.78, 5) is 37.8. The second-order valence-electron chi connectivity index (χ2n) is 7.64. The molecular weight excluding hydrogens is 396 g/mol. The van der Waals surface area contributed by atoms with E-state index in [4.69, 9.17) is 16.3 Å². The average Bonchev–Trinajstić information content (AvgIpc) is 2.90. The van der Waals surface area contributed by atoms with Crippen LogP contribution in [0.4, 0.5) is 4.79 Å². The number of fused-ring (bicyclic) bond motifs is 1. The Morgan fingerprint density at radius 2 is 1.76 bits per heavy atom. The van der Waals surface area contributed by atoms with Gasteiger partial charge in [0.15, 0.2) is 0 Å². The predicted molar refractivity (Wildman–Crippen MR) is 110 cm³/mol. The average molecular weight is 417 g/mol. The number of rotatable bonds is 4. The van der Waals surface area contributed by atoms with Gasteiger partial charge < -0.3 is 9.84 Å². The van der Waals surface area contributed by atoms with Crippen LogP contribution in [0.5, 0.6) is 0 Å². The summed E-state index contributed by atoms with van der Waals surface area (Å²) >= 11 is 6.09. The molecule has 0 saturated heterocycles. The molecule has 1 N–H and O–H groups in total. The van der Waals surface area contributed by atoms with Crippen LogP contribution >= 0.6 is 11.6 Å². The standard InChI is InChI=1S/C21H21ClN2O5/c1-21(2,3)29-18(25)17(11-13-7-5-4-6-8-13)23-16-12-14(22)9-10-15(16)24(19(23)26)20(27)28/h4-10,12,17H,11H2,1-3H3,(H,27,28). The lowest BCUT2D eigenvalue weighted by molar-refractivity contribution is -0.159. The van der Waals surface area contributed by atoms with Gasteiger partial charge in [0.05, 0.1) is 11.0 Å². The van der Waals surface area contributed by atoms with E-state index in [1.165, 1.54) is 18.2 Å². The SMILES string of the molecule is CC(C)(C)OC(=O)C(Cc1ccccc1)n1c(=O)n(C(=O)O)c2ccc(Cl)cc21. The van der Waals surface area contributed by atoms with E-state index >= 15 is 0 Å². The van der Waals surface area contributed by atoms with Gasteiger partial charge in [-0.15, -0.1) is 0 Å². The quantitative estimate of drug-likeness (QED) is 0.646. The zero-order valence-electron chi connectivity index (χ0n) is 16.3. The molecule has 1 unspecified atom stereocenters. The smallest absolute Gasteiger partial charge is 0.420 e. The summed E-state index contributed by atoms with van der Waals surface area (Å²) in [5.41, 5.74) is -0.432. The summed E-state index contributed by atoms with van der Waals surface area (Å²) in [7, 11) is 0. The van der Waals surface area contributed by atoms with Crippen LogP contribution in [-0.2, 0) is 16.0 Å². The largest absolute Gasteiger partial charge is 0.464 e. The number of aromatic nitrogens is 2. The lowest BCUT2D eigenvalue weighted by Crippen LogP contribution is -2.37. The molecule has 0 aliphatic heterocycles. The van der Waals surface area contributed by atoms with Gasteiger partial charge in [0.25, 0.3) is 0 Å². The predicted octanol–water partition coefficient (Wildman–Crippen LogP) is 4.11. The van der Waals surface area contributed by atoms with Gasteiger partial charge in [-0.25, -0.2) is 14.4 Å². The molecule has 7 nitrogen and oxygen atoms in total. The fourth-order valence-electron chi connectivity index (χ4n) is 3.17. The summed E-state index contributed by atoms with van der Waals surface area (Å²) < 4.78 is 7.30. The van der Waals surface area contributed by atoms with Gasteiger partial charge in [-0.3, -0.25) is 4.57 Å². The topological polar surface area (TPSA) is 90.5 Å². The van der Waals surface area contributed by atoms with Crippen molar-refractivity contribution in [3.05, 3.63) is 69.6 Å². The fourth-order valence-corrected chi connectivity index (χ4v) is 3.33. The molecule has 0 saturated carbocycles. The maximum atomic E-state index is 13.1. The molecule has 0 fully saturated rings.